The second kappa shape index (κ2) is 8.62. The molecule has 0 aliphatic carbocycles. The number of aryl methyl sites for hydroxylation is 1. The van der Waals surface area contributed by atoms with Gasteiger partial charge >= 0.3 is 11.9 Å². The molecule has 4 aromatic heterocycles. The summed E-state index contributed by atoms with van der Waals surface area (Å²) in [6.45, 7) is 1.72. The largest absolute Gasteiger partial charge is 0.433 e. The summed E-state index contributed by atoms with van der Waals surface area (Å²) in [5.74, 6) is 0. The molecule has 0 aliphatic rings. The zero-order valence-electron chi connectivity index (χ0n) is 18.2. The Morgan fingerprint density at radius 1 is 0.914 bits per heavy atom. The van der Waals surface area contributed by atoms with Gasteiger partial charge in [-0.1, -0.05) is 29.8 Å². The Morgan fingerprint density at radius 3 is 2.23 bits per heavy atom. The summed E-state index contributed by atoms with van der Waals surface area (Å²) in [7, 11) is 0. The number of fused-ring (bicyclic) bond motifs is 1. The summed E-state index contributed by atoms with van der Waals surface area (Å²) in [4.78, 5) is 20.7. The third-order valence-corrected chi connectivity index (χ3v) is 5.70. The van der Waals surface area contributed by atoms with Crippen LogP contribution in [0, 0.1) is 6.92 Å². The molecule has 0 aliphatic heterocycles. The lowest BCUT2D eigenvalue weighted by Gasteiger charge is -2.13. The Kier molecular flexibility index (Phi) is 5.60. The molecule has 1 aromatic carbocycles. The maximum Gasteiger partial charge on any atom is 0.433 e. The fraction of sp³-hybridized carbons (Fsp3) is 0.125. The minimum Gasteiger partial charge on any atom is -0.265 e. The van der Waals surface area contributed by atoms with Crippen molar-refractivity contribution in [1.82, 2.24) is 29.4 Å². The van der Waals surface area contributed by atoms with E-state index in [0.717, 1.165) is 33.6 Å². The highest BCUT2D eigenvalue weighted by molar-refractivity contribution is 6.30. The molecule has 0 fully saturated rings. The monoisotopic (exact) mass is 496 g/mol. The van der Waals surface area contributed by atoms with Crippen molar-refractivity contribution in [2.75, 3.05) is 0 Å². The van der Waals surface area contributed by atoms with E-state index in [4.69, 9.17) is 11.6 Å². The van der Waals surface area contributed by atoms with E-state index in [2.05, 4.69) is 20.2 Å². The second-order valence-electron chi connectivity index (χ2n) is 7.80. The Balaban J connectivity index is 1.69. The number of hydrogen-bond acceptors (Lipinski definition) is 5. The SMILES string of the molecule is Cc1nn2c(=O)n(Cc3ccc(C(F)(F)F)nc3)nc2c(-c2ccncc2)c1-c1ccc(Cl)cc1. The highest BCUT2D eigenvalue weighted by Gasteiger charge is 2.32. The molecular weight excluding hydrogens is 481 g/mol. The van der Waals surface area contributed by atoms with Crippen LogP contribution in [0.1, 0.15) is 17.0 Å². The van der Waals surface area contributed by atoms with Gasteiger partial charge in [0.15, 0.2) is 5.65 Å². The molecule has 0 spiro atoms. The van der Waals surface area contributed by atoms with E-state index in [0.29, 0.717) is 27.5 Å². The summed E-state index contributed by atoms with van der Waals surface area (Å²) in [6, 6.07) is 13.0. The highest BCUT2D eigenvalue weighted by atomic mass is 35.5. The minimum atomic E-state index is -4.54. The van der Waals surface area contributed by atoms with E-state index in [9.17, 15) is 18.0 Å². The van der Waals surface area contributed by atoms with Crippen LogP contribution in [0.2, 0.25) is 5.02 Å². The lowest BCUT2D eigenvalue weighted by atomic mass is 9.95. The fourth-order valence-electron chi connectivity index (χ4n) is 3.86. The van der Waals surface area contributed by atoms with E-state index in [1.165, 1.54) is 10.6 Å². The molecular formula is C24H16ClF3N6O. The predicted molar refractivity (Wildman–Crippen MR) is 124 cm³/mol. The summed E-state index contributed by atoms with van der Waals surface area (Å²) in [5.41, 5.74) is 2.80. The quantitative estimate of drug-likeness (QED) is 0.348. The average Bonchev–Trinajstić information content (AvgIpc) is 3.14. The van der Waals surface area contributed by atoms with Gasteiger partial charge in [-0.05, 0) is 53.9 Å². The Morgan fingerprint density at radius 2 is 1.60 bits per heavy atom. The van der Waals surface area contributed by atoms with Crippen molar-refractivity contribution in [3.05, 3.63) is 99.6 Å². The van der Waals surface area contributed by atoms with Gasteiger partial charge in [-0.3, -0.25) is 9.97 Å². The van der Waals surface area contributed by atoms with Crippen molar-refractivity contribution in [3.8, 4) is 22.3 Å². The number of aromatic nitrogens is 6. The van der Waals surface area contributed by atoms with Gasteiger partial charge in [-0.25, -0.2) is 9.48 Å². The molecule has 11 heteroatoms. The molecule has 0 saturated heterocycles. The maximum atomic E-state index is 13.2. The summed E-state index contributed by atoms with van der Waals surface area (Å²) in [5, 5.41) is 9.56. The van der Waals surface area contributed by atoms with Crippen molar-refractivity contribution in [2.45, 2.75) is 19.6 Å². The van der Waals surface area contributed by atoms with Crippen LogP contribution >= 0.6 is 11.6 Å². The first-order chi connectivity index (χ1) is 16.7. The second-order valence-corrected chi connectivity index (χ2v) is 8.24. The average molecular weight is 497 g/mol. The summed E-state index contributed by atoms with van der Waals surface area (Å²) >= 11 is 6.07. The molecule has 7 nitrogen and oxygen atoms in total. The van der Waals surface area contributed by atoms with Gasteiger partial charge in [0, 0.05) is 34.7 Å². The zero-order chi connectivity index (χ0) is 24.7. The third-order valence-electron chi connectivity index (χ3n) is 5.45. The molecule has 176 valence electrons. The van der Waals surface area contributed by atoms with Crippen molar-refractivity contribution in [1.29, 1.82) is 0 Å². The lowest BCUT2D eigenvalue weighted by Crippen LogP contribution is -2.23. The first kappa shape index (κ1) is 22.7. The van der Waals surface area contributed by atoms with Gasteiger partial charge in [-0.2, -0.15) is 22.8 Å². The van der Waals surface area contributed by atoms with Crippen LogP contribution in [0.15, 0.2) is 71.9 Å². The number of halogens is 4. The minimum absolute atomic E-state index is 0.0710. The number of hydrogen-bond donors (Lipinski definition) is 0. The standard InChI is InChI=1S/C24H16ClF3N6O/c1-14-20(16-3-5-18(25)6-4-16)21(17-8-10-29-11-9-17)22-32-33(23(35)34(22)31-14)13-15-2-7-19(30-12-15)24(26,27)28/h2-12H,13H2,1H3. The van der Waals surface area contributed by atoms with Crippen LogP contribution in [0.3, 0.4) is 0 Å². The van der Waals surface area contributed by atoms with E-state index in [1.54, 1.807) is 43.6 Å². The molecule has 0 radical (unpaired) electrons. The molecule has 0 unspecified atom stereocenters. The van der Waals surface area contributed by atoms with Crippen LogP contribution in [0.5, 0.6) is 0 Å². The first-order valence-electron chi connectivity index (χ1n) is 10.4. The van der Waals surface area contributed by atoms with Gasteiger partial charge < -0.3 is 0 Å². The van der Waals surface area contributed by atoms with Crippen molar-refractivity contribution >= 4 is 17.2 Å². The fourth-order valence-corrected chi connectivity index (χ4v) is 3.99. The summed E-state index contributed by atoms with van der Waals surface area (Å²) in [6.07, 6.45) is -0.190. The molecule has 4 heterocycles. The molecule has 35 heavy (non-hydrogen) atoms. The number of pyridine rings is 2. The molecule has 0 N–H and O–H groups in total. The maximum absolute atomic E-state index is 13.2. The van der Waals surface area contributed by atoms with Crippen molar-refractivity contribution < 1.29 is 13.2 Å². The zero-order valence-corrected chi connectivity index (χ0v) is 18.9. The number of nitrogens with zero attached hydrogens (tertiary/aromatic N) is 6. The lowest BCUT2D eigenvalue weighted by molar-refractivity contribution is -0.141. The number of benzene rings is 1. The normalized spacial score (nSPS) is 11.8. The van der Waals surface area contributed by atoms with Crippen LogP contribution in [-0.4, -0.2) is 29.4 Å². The molecule has 0 amide bonds. The molecule has 5 aromatic rings. The van der Waals surface area contributed by atoms with Crippen LogP contribution in [0.4, 0.5) is 13.2 Å². The van der Waals surface area contributed by atoms with Crippen LogP contribution < -0.4 is 5.69 Å². The smallest absolute Gasteiger partial charge is 0.265 e. The van der Waals surface area contributed by atoms with Gasteiger partial charge in [0.1, 0.15) is 5.69 Å². The Hall–Kier alpha value is -4.05. The van der Waals surface area contributed by atoms with E-state index < -0.39 is 17.6 Å². The number of rotatable bonds is 4. The predicted octanol–water partition coefficient (Wildman–Crippen LogP) is 5.04. The Labute approximate surface area is 201 Å². The van der Waals surface area contributed by atoms with Crippen molar-refractivity contribution in [2.24, 2.45) is 0 Å². The van der Waals surface area contributed by atoms with Gasteiger partial charge in [0.25, 0.3) is 0 Å². The Bertz CT molecular complexity index is 1580. The van der Waals surface area contributed by atoms with E-state index in [1.807, 2.05) is 12.1 Å². The molecule has 5 rings (SSSR count). The van der Waals surface area contributed by atoms with E-state index in [-0.39, 0.29) is 6.54 Å². The number of alkyl halides is 3. The molecule has 0 atom stereocenters. The first-order valence-corrected chi connectivity index (χ1v) is 10.8. The molecule has 0 saturated carbocycles. The van der Waals surface area contributed by atoms with Crippen LogP contribution in [-0.2, 0) is 12.7 Å². The molecule has 0 bridgehead atoms. The topological polar surface area (TPSA) is 78.0 Å². The van der Waals surface area contributed by atoms with E-state index >= 15 is 0 Å². The van der Waals surface area contributed by atoms with Gasteiger partial charge in [0.05, 0.1) is 12.2 Å². The van der Waals surface area contributed by atoms with Gasteiger partial charge in [0.2, 0.25) is 0 Å². The van der Waals surface area contributed by atoms with Crippen LogP contribution in [0.25, 0.3) is 27.9 Å². The third kappa shape index (κ3) is 4.28. The van der Waals surface area contributed by atoms with Gasteiger partial charge in [-0.15, -0.1) is 5.10 Å². The highest BCUT2D eigenvalue weighted by Crippen LogP contribution is 2.36. The summed E-state index contributed by atoms with van der Waals surface area (Å²) < 4.78 is 40.9. The van der Waals surface area contributed by atoms with Crippen molar-refractivity contribution in [3.63, 3.8) is 0 Å².